The van der Waals surface area contributed by atoms with Gasteiger partial charge in [-0.1, -0.05) is 30.4 Å². The predicted molar refractivity (Wildman–Crippen MR) is 78.7 cm³/mol. The number of cyclic esters (lactones) is 1. The Labute approximate surface area is 122 Å². The van der Waals surface area contributed by atoms with Crippen LogP contribution in [0.15, 0.2) is 42.5 Å². The average molecular weight is 282 g/mol. The summed E-state index contributed by atoms with van der Waals surface area (Å²) in [6.45, 7) is 0. The van der Waals surface area contributed by atoms with Gasteiger partial charge in [0.15, 0.2) is 0 Å². The van der Waals surface area contributed by atoms with Crippen molar-refractivity contribution in [3.8, 4) is 5.75 Å². The van der Waals surface area contributed by atoms with E-state index in [4.69, 9.17) is 9.47 Å². The van der Waals surface area contributed by atoms with Gasteiger partial charge in [0.1, 0.15) is 5.75 Å². The van der Waals surface area contributed by atoms with E-state index in [0.717, 1.165) is 16.9 Å². The van der Waals surface area contributed by atoms with Crippen LogP contribution in [0.1, 0.15) is 33.3 Å². The number of fused-ring (bicyclic) bond motifs is 1. The molecule has 0 fully saturated rings. The quantitative estimate of drug-likeness (QED) is 0.694. The number of esters is 1. The zero-order valence-corrected chi connectivity index (χ0v) is 11.4. The number of aliphatic hydroxyl groups excluding tert-OH is 1. The van der Waals surface area contributed by atoms with Gasteiger partial charge in [-0.05, 0) is 35.4 Å². The second-order valence-corrected chi connectivity index (χ2v) is 4.71. The Morgan fingerprint density at radius 1 is 1.10 bits per heavy atom. The van der Waals surface area contributed by atoms with Gasteiger partial charge in [0.05, 0.1) is 12.7 Å². The van der Waals surface area contributed by atoms with Crippen LogP contribution in [-0.2, 0) is 4.74 Å². The summed E-state index contributed by atoms with van der Waals surface area (Å²) < 4.78 is 9.86. The lowest BCUT2D eigenvalue weighted by Crippen LogP contribution is -1.95. The van der Waals surface area contributed by atoms with Gasteiger partial charge < -0.3 is 14.6 Å². The number of carbonyl (C=O) groups excluding carboxylic acids is 1. The van der Waals surface area contributed by atoms with Crippen molar-refractivity contribution in [3.05, 3.63) is 64.7 Å². The molecule has 0 aliphatic carbocycles. The van der Waals surface area contributed by atoms with Crippen molar-refractivity contribution in [2.75, 3.05) is 7.11 Å². The number of methoxy groups -OCH3 is 1. The molecule has 1 unspecified atom stereocenters. The normalized spacial score (nSPS) is 16.9. The van der Waals surface area contributed by atoms with Crippen molar-refractivity contribution in [2.24, 2.45) is 0 Å². The van der Waals surface area contributed by atoms with E-state index in [1.165, 1.54) is 0 Å². The summed E-state index contributed by atoms with van der Waals surface area (Å²) in [5.74, 6) is 0.326. The van der Waals surface area contributed by atoms with Crippen molar-refractivity contribution in [2.45, 2.75) is 6.29 Å². The monoisotopic (exact) mass is 282 g/mol. The summed E-state index contributed by atoms with van der Waals surface area (Å²) in [6, 6.07) is 12.9. The minimum absolute atomic E-state index is 0.420. The Morgan fingerprint density at radius 3 is 2.48 bits per heavy atom. The summed E-state index contributed by atoms with van der Waals surface area (Å²) in [5.41, 5.74) is 2.85. The van der Waals surface area contributed by atoms with Crippen LogP contribution < -0.4 is 4.74 Å². The smallest absolute Gasteiger partial charge is 0.341 e. The molecule has 3 rings (SSSR count). The first-order valence-corrected chi connectivity index (χ1v) is 6.52. The van der Waals surface area contributed by atoms with Crippen LogP contribution >= 0.6 is 0 Å². The zero-order chi connectivity index (χ0) is 14.8. The predicted octanol–water partition coefficient (Wildman–Crippen LogP) is 3.03. The van der Waals surface area contributed by atoms with Crippen LogP contribution in [0.5, 0.6) is 5.75 Å². The first-order valence-electron chi connectivity index (χ1n) is 6.52. The van der Waals surface area contributed by atoms with Gasteiger partial charge in [0.2, 0.25) is 6.29 Å². The van der Waals surface area contributed by atoms with Crippen LogP contribution in [0.3, 0.4) is 0 Å². The van der Waals surface area contributed by atoms with Gasteiger partial charge in [0.25, 0.3) is 0 Å². The molecular formula is C17H14O4. The van der Waals surface area contributed by atoms with E-state index >= 15 is 0 Å². The summed E-state index contributed by atoms with van der Waals surface area (Å²) in [7, 11) is 1.63. The number of rotatable bonds is 3. The standard InChI is InChI=1S/C17H14O4/c1-20-13-7-4-11(5-8-13)2-3-12-6-9-14-15(10-12)17(19)21-16(14)18/h2-10,17,19H,1H3/b3-2+. The van der Waals surface area contributed by atoms with Gasteiger partial charge >= 0.3 is 5.97 Å². The van der Waals surface area contributed by atoms with Crippen LogP contribution in [0.2, 0.25) is 0 Å². The van der Waals surface area contributed by atoms with Gasteiger partial charge in [-0.2, -0.15) is 0 Å². The summed E-state index contributed by atoms with van der Waals surface area (Å²) in [6.07, 6.45) is 2.70. The van der Waals surface area contributed by atoms with Crippen molar-refractivity contribution >= 4 is 18.1 Å². The number of benzene rings is 2. The molecule has 4 heteroatoms. The Morgan fingerprint density at radius 2 is 1.76 bits per heavy atom. The van der Waals surface area contributed by atoms with Crippen LogP contribution in [0, 0.1) is 0 Å². The van der Waals surface area contributed by atoms with Crippen molar-refractivity contribution in [1.82, 2.24) is 0 Å². The average Bonchev–Trinajstić information content (AvgIpc) is 2.80. The molecule has 1 aliphatic heterocycles. The molecule has 0 aromatic heterocycles. The molecule has 0 saturated carbocycles. The van der Waals surface area contributed by atoms with Gasteiger partial charge in [-0.15, -0.1) is 0 Å². The third kappa shape index (κ3) is 2.66. The molecule has 1 atom stereocenters. The highest BCUT2D eigenvalue weighted by molar-refractivity contribution is 5.94. The van der Waals surface area contributed by atoms with E-state index in [1.807, 2.05) is 42.5 Å². The van der Waals surface area contributed by atoms with E-state index in [0.29, 0.717) is 11.1 Å². The molecule has 1 aliphatic rings. The van der Waals surface area contributed by atoms with Crippen LogP contribution in [0.25, 0.3) is 12.2 Å². The van der Waals surface area contributed by atoms with Gasteiger partial charge in [-0.3, -0.25) is 0 Å². The number of aliphatic hydroxyl groups is 1. The zero-order valence-electron chi connectivity index (χ0n) is 11.4. The van der Waals surface area contributed by atoms with Crippen molar-refractivity contribution < 1.29 is 19.4 Å². The highest BCUT2D eigenvalue weighted by Crippen LogP contribution is 2.29. The SMILES string of the molecule is COc1ccc(/C=C/c2ccc3c(c2)C(O)OC3=O)cc1. The van der Waals surface area contributed by atoms with Crippen molar-refractivity contribution in [3.63, 3.8) is 0 Å². The molecule has 21 heavy (non-hydrogen) atoms. The van der Waals surface area contributed by atoms with E-state index in [1.54, 1.807) is 19.2 Å². The highest BCUT2D eigenvalue weighted by atomic mass is 16.6. The third-order valence-electron chi connectivity index (χ3n) is 3.36. The maximum Gasteiger partial charge on any atom is 0.341 e. The molecule has 0 saturated heterocycles. The number of hydrogen-bond donors (Lipinski definition) is 1. The second-order valence-electron chi connectivity index (χ2n) is 4.71. The number of ether oxygens (including phenoxy) is 2. The molecule has 2 aromatic carbocycles. The highest BCUT2D eigenvalue weighted by Gasteiger charge is 2.29. The Hall–Kier alpha value is -2.59. The Kier molecular flexibility index (Phi) is 3.46. The molecule has 106 valence electrons. The summed E-state index contributed by atoms with van der Waals surface area (Å²) in [4.78, 5) is 11.4. The first kappa shape index (κ1) is 13.4. The minimum Gasteiger partial charge on any atom is -0.497 e. The molecular weight excluding hydrogens is 268 g/mol. The van der Waals surface area contributed by atoms with E-state index < -0.39 is 12.3 Å². The minimum atomic E-state index is -1.16. The van der Waals surface area contributed by atoms with E-state index in [2.05, 4.69) is 0 Å². The van der Waals surface area contributed by atoms with E-state index in [-0.39, 0.29) is 0 Å². The molecule has 0 amide bonds. The molecule has 0 radical (unpaired) electrons. The topological polar surface area (TPSA) is 55.8 Å². The fourth-order valence-corrected chi connectivity index (χ4v) is 2.21. The lowest BCUT2D eigenvalue weighted by Gasteiger charge is -2.02. The largest absolute Gasteiger partial charge is 0.497 e. The lowest BCUT2D eigenvalue weighted by atomic mass is 10.0. The fourth-order valence-electron chi connectivity index (χ4n) is 2.21. The molecule has 0 bridgehead atoms. The van der Waals surface area contributed by atoms with Crippen LogP contribution in [-0.4, -0.2) is 18.2 Å². The number of hydrogen-bond acceptors (Lipinski definition) is 4. The van der Waals surface area contributed by atoms with Crippen molar-refractivity contribution in [1.29, 1.82) is 0 Å². The first-order chi connectivity index (χ1) is 10.2. The van der Waals surface area contributed by atoms with Crippen LogP contribution in [0.4, 0.5) is 0 Å². The lowest BCUT2D eigenvalue weighted by molar-refractivity contribution is -0.0547. The fraction of sp³-hybridized carbons (Fsp3) is 0.118. The summed E-state index contributed by atoms with van der Waals surface area (Å²) in [5, 5.41) is 9.64. The van der Waals surface area contributed by atoms with Gasteiger partial charge in [0, 0.05) is 5.56 Å². The third-order valence-corrected chi connectivity index (χ3v) is 3.36. The number of carbonyl (C=O) groups is 1. The Bertz CT molecular complexity index is 701. The molecule has 2 aromatic rings. The summed E-state index contributed by atoms with van der Waals surface area (Å²) >= 11 is 0. The maximum absolute atomic E-state index is 11.4. The molecule has 4 nitrogen and oxygen atoms in total. The maximum atomic E-state index is 11.4. The molecule has 0 spiro atoms. The molecule has 1 heterocycles. The van der Waals surface area contributed by atoms with Gasteiger partial charge in [-0.25, -0.2) is 4.79 Å². The van der Waals surface area contributed by atoms with E-state index in [9.17, 15) is 9.90 Å². The second kappa shape index (κ2) is 5.42. The molecule has 1 N–H and O–H groups in total. The Balaban J connectivity index is 1.83.